The summed E-state index contributed by atoms with van der Waals surface area (Å²) in [6.07, 6.45) is 0. The van der Waals surface area contributed by atoms with E-state index in [0.29, 0.717) is 0 Å². The first kappa shape index (κ1) is 25.9. The van der Waals surface area contributed by atoms with Gasteiger partial charge in [0.25, 0.3) is 0 Å². The third-order valence-electron chi connectivity index (χ3n) is 4.57. The molecule has 0 aromatic heterocycles. The molecule has 0 bridgehead atoms. The molecule has 30 heavy (non-hydrogen) atoms. The average molecular weight is 440 g/mol. The van der Waals surface area contributed by atoms with E-state index in [2.05, 4.69) is 134 Å². The van der Waals surface area contributed by atoms with E-state index in [-0.39, 0.29) is 31.3 Å². The van der Waals surface area contributed by atoms with Gasteiger partial charge in [-0.1, -0.05) is 78.2 Å². The maximum atomic E-state index is 7.13. The topological polar surface area (TPSA) is 23.8 Å². The van der Waals surface area contributed by atoms with Gasteiger partial charge in [-0.3, -0.25) is 0 Å². The molecule has 0 unspecified atom stereocenters. The Bertz CT molecular complexity index is 863. The van der Waals surface area contributed by atoms with Gasteiger partial charge in [0.1, 0.15) is 28.5 Å². The Morgan fingerprint density at radius 1 is 0.500 bits per heavy atom. The summed E-state index contributed by atoms with van der Waals surface area (Å²) in [5, 5.41) is 14.0. The van der Waals surface area contributed by atoms with Gasteiger partial charge in [0.05, 0.1) is 0 Å². The standard InChI is InChI=1S/C24H20P.CHNS.ClH.Li/c1-5-13-21(14-6-1)25(22-15-7-2-8-16-22,23-17-9-3-10-18-23)24-19-11-4-12-20-24;2-1-3;;/h1-20H;3H;1H;/q+1;;;+1/p-2. The van der Waals surface area contributed by atoms with Crippen molar-refractivity contribution >= 4 is 41.1 Å². The van der Waals surface area contributed by atoms with Crippen LogP contribution in [-0.4, -0.2) is 0 Å². The second kappa shape index (κ2) is 13.3. The molecule has 0 fully saturated rings. The number of benzene rings is 4. The number of hydrogen-bond donors (Lipinski definition) is 0. The normalized spacial score (nSPS) is 9.57. The van der Waals surface area contributed by atoms with E-state index in [9.17, 15) is 0 Å². The molecule has 1 nitrogen and oxygen atoms in total. The molecule has 4 aromatic rings. The van der Waals surface area contributed by atoms with Crippen molar-refractivity contribution in [3.63, 3.8) is 0 Å². The first-order valence-electron chi connectivity index (χ1n) is 8.96. The summed E-state index contributed by atoms with van der Waals surface area (Å²) in [7, 11) is -1.91. The van der Waals surface area contributed by atoms with Crippen LogP contribution in [0.1, 0.15) is 0 Å². The van der Waals surface area contributed by atoms with Crippen molar-refractivity contribution in [3.8, 4) is 5.40 Å². The molecule has 0 aliphatic carbocycles. The quantitative estimate of drug-likeness (QED) is 0.164. The van der Waals surface area contributed by atoms with Crippen LogP contribution >= 0.6 is 7.26 Å². The van der Waals surface area contributed by atoms with Gasteiger partial charge in [-0.15, -0.1) is 0 Å². The van der Waals surface area contributed by atoms with Gasteiger partial charge in [0, 0.05) is 0 Å². The predicted octanol–water partition coefficient (Wildman–Crippen LogP) is -1.67. The van der Waals surface area contributed by atoms with E-state index in [1.807, 2.05) is 0 Å². The van der Waals surface area contributed by atoms with Gasteiger partial charge in [-0.05, 0) is 48.5 Å². The zero-order valence-electron chi connectivity index (χ0n) is 16.7. The predicted molar refractivity (Wildman–Crippen MR) is 124 cm³/mol. The van der Waals surface area contributed by atoms with Crippen LogP contribution in [0.5, 0.6) is 0 Å². The number of thiocyanates is 1. The van der Waals surface area contributed by atoms with Crippen molar-refractivity contribution in [2.24, 2.45) is 0 Å². The van der Waals surface area contributed by atoms with Gasteiger partial charge in [0.2, 0.25) is 0 Å². The first-order chi connectivity index (χ1) is 13.8. The molecule has 0 spiro atoms. The van der Waals surface area contributed by atoms with Crippen LogP contribution in [0, 0.1) is 10.7 Å². The van der Waals surface area contributed by atoms with Crippen molar-refractivity contribution in [1.82, 2.24) is 0 Å². The van der Waals surface area contributed by atoms with Crippen molar-refractivity contribution in [2.45, 2.75) is 0 Å². The van der Waals surface area contributed by atoms with Crippen LogP contribution in [0.3, 0.4) is 0 Å². The van der Waals surface area contributed by atoms with Crippen molar-refractivity contribution in [3.05, 3.63) is 121 Å². The molecule has 144 valence electrons. The minimum absolute atomic E-state index is 0. The Labute approximate surface area is 203 Å². The molecule has 4 rings (SSSR count). The summed E-state index contributed by atoms with van der Waals surface area (Å²) in [5.41, 5.74) is 0. The van der Waals surface area contributed by atoms with E-state index >= 15 is 0 Å². The molecule has 4 aromatic carbocycles. The molecule has 5 heteroatoms. The van der Waals surface area contributed by atoms with E-state index in [0.717, 1.165) is 0 Å². The van der Waals surface area contributed by atoms with Gasteiger partial charge in [-0.2, -0.15) is 0 Å². The first-order valence-corrected chi connectivity index (χ1v) is 11.2. The summed E-state index contributed by atoms with van der Waals surface area (Å²) in [6.45, 7) is 0. The summed E-state index contributed by atoms with van der Waals surface area (Å²) >= 11 is 3.70. The second-order valence-electron chi connectivity index (χ2n) is 6.10. The Morgan fingerprint density at radius 3 is 0.833 bits per heavy atom. The number of nitriles is 1. The SMILES string of the molecule is N#C[S-].[Cl-].[Li+].c1ccc([P+](c2ccccc2)(c2ccccc2)c2ccccc2)cc1. The van der Waals surface area contributed by atoms with E-state index < -0.39 is 7.26 Å². The molecule has 0 radical (unpaired) electrons. The van der Waals surface area contributed by atoms with E-state index in [1.165, 1.54) is 26.6 Å². The molecule has 0 aliphatic rings. The minimum Gasteiger partial charge on any atom is -1.00 e. The smallest absolute Gasteiger partial charge is 1.00 e. The number of hydrogen-bond acceptors (Lipinski definition) is 2. The molecule has 0 aliphatic heterocycles. The molecule has 0 atom stereocenters. The zero-order chi connectivity index (χ0) is 19.7. The average Bonchev–Trinajstić information content (AvgIpc) is 2.78. The monoisotopic (exact) mass is 439 g/mol. The third-order valence-corrected chi connectivity index (χ3v) is 8.86. The largest absolute Gasteiger partial charge is 1.00 e. The van der Waals surface area contributed by atoms with E-state index in [4.69, 9.17) is 5.26 Å². The Balaban J connectivity index is 0.000000851. The van der Waals surface area contributed by atoms with Crippen molar-refractivity contribution in [2.75, 3.05) is 0 Å². The number of rotatable bonds is 4. The summed E-state index contributed by atoms with van der Waals surface area (Å²) in [5.74, 6) is 0. The van der Waals surface area contributed by atoms with Crippen molar-refractivity contribution < 1.29 is 31.3 Å². The molecular formula is C25H20ClLiNPS. The van der Waals surface area contributed by atoms with Crippen LogP contribution in [0.4, 0.5) is 0 Å². The van der Waals surface area contributed by atoms with Crippen LogP contribution < -0.4 is 52.5 Å². The Morgan fingerprint density at radius 2 is 0.667 bits per heavy atom. The van der Waals surface area contributed by atoms with Gasteiger partial charge in [-0.25, -0.2) is 5.26 Å². The van der Waals surface area contributed by atoms with Gasteiger partial charge >= 0.3 is 18.9 Å². The zero-order valence-corrected chi connectivity index (χ0v) is 19.2. The van der Waals surface area contributed by atoms with Crippen LogP contribution in [-0.2, 0) is 12.6 Å². The molecule has 0 saturated heterocycles. The fraction of sp³-hybridized carbons (Fsp3) is 0. The van der Waals surface area contributed by atoms with Crippen LogP contribution in [0.25, 0.3) is 0 Å². The maximum absolute atomic E-state index is 7.13. The summed E-state index contributed by atoms with van der Waals surface area (Å²) < 4.78 is 0. The number of nitrogens with zero attached hydrogens (tertiary/aromatic N) is 1. The molecular weight excluding hydrogens is 420 g/mol. The number of halogens is 1. The van der Waals surface area contributed by atoms with Crippen LogP contribution in [0.2, 0.25) is 0 Å². The fourth-order valence-electron chi connectivity index (χ4n) is 3.50. The van der Waals surface area contributed by atoms with Gasteiger partial charge < -0.3 is 25.0 Å². The summed E-state index contributed by atoms with van der Waals surface area (Å²) in [6, 6.07) is 43.8. The molecule has 0 N–H and O–H groups in total. The molecule has 0 heterocycles. The third kappa shape index (κ3) is 5.53. The Hall–Kier alpha value is -2.09. The Kier molecular flexibility index (Phi) is 11.5. The fourth-order valence-corrected chi connectivity index (χ4v) is 7.77. The van der Waals surface area contributed by atoms with Gasteiger partial charge in [0.15, 0.2) is 0 Å². The second-order valence-corrected chi connectivity index (χ2v) is 9.69. The van der Waals surface area contributed by atoms with Crippen LogP contribution in [0.15, 0.2) is 121 Å². The summed E-state index contributed by atoms with van der Waals surface area (Å²) in [4.78, 5) is 0. The van der Waals surface area contributed by atoms with E-state index in [1.54, 1.807) is 0 Å². The maximum Gasteiger partial charge on any atom is 1.00 e. The van der Waals surface area contributed by atoms with Crippen molar-refractivity contribution in [1.29, 1.82) is 5.26 Å². The molecule has 0 amide bonds. The molecule has 0 saturated carbocycles. The minimum atomic E-state index is -1.91.